The zero-order valence-electron chi connectivity index (χ0n) is 13.3. The van der Waals surface area contributed by atoms with Crippen LogP contribution in [0.2, 0.25) is 0 Å². The maximum Gasteiger partial charge on any atom is 0.125 e. The minimum absolute atomic E-state index is 0.0794. The summed E-state index contributed by atoms with van der Waals surface area (Å²) in [7, 11) is 0. The monoisotopic (exact) mass is 285 g/mol. The molecule has 0 radical (unpaired) electrons. The summed E-state index contributed by atoms with van der Waals surface area (Å²) in [5.74, 6) is -0.188. The number of nitrogens with one attached hydrogen (secondary N) is 1. The average molecular weight is 285 g/mol. The highest BCUT2D eigenvalue weighted by Crippen LogP contribution is 2.29. The largest absolute Gasteiger partial charge is 0.382 e. The predicted octanol–water partition coefficient (Wildman–Crippen LogP) is 5.30. The first-order valence-corrected chi connectivity index (χ1v) is 7.46. The van der Waals surface area contributed by atoms with E-state index >= 15 is 0 Å². The summed E-state index contributed by atoms with van der Waals surface area (Å²) in [5.41, 5.74) is 3.20. The van der Waals surface area contributed by atoms with Crippen LogP contribution in [0, 0.1) is 12.7 Å². The molecule has 0 amide bonds. The average Bonchev–Trinajstić information content (AvgIpc) is 2.37. The lowest BCUT2D eigenvalue weighted by atomic mass is 9.79. The van der Waals surface area contributed by atoms with Crippen molar-refractivity contribution in [1.29, 1.82) is 0 Å². The fourth-order valence-corrected chi connectivity index (χ4v) is 2.93. The van der Waals surface area contributed by atoms with E-state index in [4.69, 9.17) is 0 Å². The van der Waals surface area contributed by atoms with Crippen molar-refractivity contribution in [1.82, 2.24) is 0 Å². The zero-order valence-corrected chi connectivity index (χ0v) is 13.3. The van der Waals surface area contributed by atoms with Gasteiger partial charge in [-0.3, -0.25) is 0 Å². The molecule has 2 heteroatoms. The molecule has 0 fully saturated rings. The van der Waals surface area contributed by atoms with Gasteiger partial charge in [0.2, 0.25) is 0 Å². The van der Waals surface area contributed by atoms with Crippen molar-refractivity contribution in [3.05, 3.63) is 65.5 Å². The zero-order chi connectivity index (χ0) is 15.5. The van der Waals surface area contributed by atoms with Gasteiger partial charge in [-0.2, -0.15) is 0 Å². The van der Waals surface area contributed by atoms with Crippen LogP contribution in [0.5, 0.6) is 0 Å². The fraction of sp³-hybridized carbons (Fsp3) is 0.368. The lowest BCUT2D eigenvalue weighted by Crippen LogP contribution is -2.27. The van der Waals surface area contributed by atoms with E-state index in [2.05, 4.69) is 50.4 Å². The molecule has 112 valence electrons. The van der Waals surface area contributed by atoms with Crippen LogP contribution in [0.25, 0.3) is 0 Å². The van der Waals surface area contributed by atoms with Gasteiger partial charge in [-0.25, -0.2) is 4.39 Å². The van der Waals surface area contributed by atoms with Gasteiger partial charge in [0.1, 0.15) is 5.82 Å². The summed E-state index contributed by atoms with van der Waals surface area (Å²) >= 11 is 0. The quantitative estimate of drug-likeness (QED) is 0.785. The molecule has 1 nitrogen and oxygen atoms in total. The van der Waals surface area contributed by atoms with E-state index in [0.717, 1.165) is 17.7 Å². The van der Waals surface area contributed by atoms with Crippen molar-refractivity contribution in [3.63, 3.8) is 0 Å². The van der Waals surface area contributed by atoms with Gasteiger partial charge >= 0.3 is 0 Å². The molecule has 1 atom stereocenters. The first-order chi connectivity index (χ1) is 9.87. The molecule has 0 aliphatic carbocycles. The third-order valence-corrected chi connectivity index (χ3v) is 3.83. The third kappa shape index (κ3) is 4.32. The van der Waals surface area contributed by atoms with Crippen molar-refractivity contribution in [2.24, 2.45) is 0 Å². The van der Waals surface area contributed by atoms with Crippen molar-refractivity contribution in [3.8, 4) is 0 Å². The second-order valence-corrected chi connectivity index (χ2v) is 6.52. The number of halogens is 1. The molecule has 1 unspecified atom stereocenters. The van der Waals surface area contributed by atoms with Crippen molar-refractivity contribution in [2.45, 2.75) is 45.6 Å². The van der Waals surface area contributed by atoms with Gasteiger partial charge in [-0.15, -0.1) is 0 Å². The normalized spacial score (nSPS) is 13.0. The van der Waals surface area contributed by atoms with Crippen molar-refractivity contribution >= 4 is 5.69 Å². The molecular weight excluding hydrogens is 261 g/mol. The molecule has 2 aromatic rings. The summed E-state index contributed by atoms with van der Waals surface area (Å²) in [5, 5.41) is 3.41. The van der Waals surface area contributed by atoms with E-state index < -0.39 is 0 Å². The Labute approximate surface area is 127 Å². The predicted molar refractivity (Wildman–Crippen MR) is 88.3 cm³/mol. The molecule has 0 heterocycles. The SMILES string of the molecule is Cc1cc(F)cc(NC(C)CC(C)(C)c2ccccc2)c1. The van der Waals surface area contributed by atoms with Crippen LogP contribution in [0.1, 0.15) is 38.3 Å². The first kappa shape index (κ1) is 15.6. The van der Waals surface area contributed by atoms with Crippen molar-refractivity contribution in [2.75, 3.05) is 5.32 Å². The highest BCUT2D eigenvalue weighted by atomic mass is 19.1. The summed E-state index contributed by atoms with van der Waals surface area (Å²) in [6.45, 7) is 8.55. The van der Waals surface area contributed by atoms with Crippen LogP contribution >= 0.6 is 0 Å². The van der Waals surface area contributed by atoms with Gasteiger partial charge in [0.25, 0.3) is 0 Å². The molecule has 0 bridgehead atoms. The van der Waals surface area contributed by atoms with E-state index in [-0.39, 0.29) is 17.3 Å². The minimum atomic E-state index is -0.188. The summed E-state index contributed by atoms with van der Waals surface area (Å²) in [4.78, 5) is 0. The van der Waals surface area contributed by atoms with Gasteiger partial charge in [-0.1, -0.05) is 44.2 Å². The molecule has 0 aliphatic heterocycles. The number of anilines is 1. The van der Waals surface area contributed by atoms with Gasteiger partial charge in [0, 0.05) is 11.7 Å². The maximum atomic E-state index is 13.4. The summed E-state index contributed by atoms with van der Waals surface area (Å²) < 4.78 is 13.4. The highest BCUT2D eigenvalue weighted by Gasteiger charge is 2.23. The Kier molecular flexibility index (Phi) is 4.66. The van der Waals surface area contributed by atoms with Gasteiger partial charge < -0.3 is 5.32 Å². The Bertz CT molecular complexity index is 570. The highest BCUT2D eigenvalue weighted by molar-refractivity contribution is 5.46. The standard InChI is InChI=1S/C19H24FN/c1-14-10-17(20)12-18(11-14)21-15(2)13-19(3,4)16-8-6-5-7-9-16/h5-12,15,21H,13H2,1-4H3. The van der Waals surface area contributed by atoms with E-state index in [1.807, 2.05) is 19.1 Å². The maximum absolute atomic E-state index is 13.4. The third-order valence-electron chi connectivity index (χ3n) is 3.83. The Hall–Kier alpha value is -1.83. The second kappa shape index (κ2) is 6.30. The minimum Gasteiger partial charge on any atom is -0.382 e. The van der Waals surface area contributed by atoms with E-state index in [1.165, 1.54) is 5.56 Å². The number of hydrogen-bond acceptors (Lipinski definition) is 1. The lowest BCUT2D eigenvalue weighted by Gasteiger charge is -2.29. The van der Waals surface area contributed by atoms with Crippen LogP contribution in [0.4, 0.5) is 10.1 Å². The number of aryl methyl sites for hydroxylation is 1. The van der Waals surface area contributed by atoms with Crippen LogP contribution in [0.3, 0.4) is 0 Å². The van der Waals surface area contributed by atoms with Crippen LogP contribution < -0.4 is 5.32 Å². The van der Waals surface area contributed by atoms with Crippen LogP contribution in [-0.4, -0.2) is 6.04 Å². The van der Waals surface area contributed by atoms with Gasteiger partial charge in [0.05, 0.1) is 0 Å². The second-order valence-electron chi connectivity index (χ2n) is 6.52. The Morgan fingerprint density at radius 3 is 2.38 bits per heavy atom. The van der Waals surface area contributed by atoms with E-state index in [0.29, 0.717) is 0 Å². The topological polar surface area (TPSA) is 12.0 Å². The Morgan fingerprint density at radius 1 is 1.10 bits per heavy atom. The molecule has 2 aromatic carbocycles. The number of benzene rings is 2. The molecule has 2 rings (SSSR count). The molecule has 0 aromatic heterocycles. The van der Waals surface area contributed by atoms with E-state index in [1.54, 1.807) is 12.1 Å². The molecule has 0 spiro atoms. The molecule has 1 N–H and O–H groups in total. The van der Waals surface area contributed by atoms with Gasteiger partial charge in [0.15, 0.2) is 0 Å². The lowest BCUT2D eigenvalue weighted by molar-refractivity contribution is 0.450. The fourth-order valence-electron chi connectivity index (χ4n) is 2.93. The Morgan fingerprint density at radius 2 is 1.76 bits per heavy atom. The molecular formula is C19H24FN. The van der Waals surface area contributed by atoms with Gasteiger partial charge in [-0.05, 0) is 55.0 Å². The summed E-state index contributed by atoms with van der Waals surface area (Å²) in [6, 6.07) is 15.9. The van der Waals surface area contributed by atoms with Crippen LogP contribution in [-0.2, 0) is 5.41 Å². The summed E-state index contributed by atoms with van der Waals surface area (Å²) in [6.07, 6.45) is 0.979. The molecule has 21 heavy (non-hydrogen) atoms. The number of rotatable bonds is 5. The van der Waals surface area contributed by atoms with Crippen molar-refractivity contribution < 1.29 is 4.39 Å². The molecule has 0 saturated heterocycles. The number of hydrogen-bond donors (Lipinski definition) is 1. The first-order valence-electron chi connectivity index (χ1n) is 7.46. The van der Waals surface area contributed by atoms with E-state index in [9.17, 15) is 4.39 Å². The molecule has 0 saturated carbocycles. The smallest absolute Gasteiger partial charge is 0.125 e. The molecule has 0 aliphatic rings. The Balaban J connectivity index is 2.05. The van der Waals surface area contributed by atoms with Crippen LogP contribution in [0.15, 0.2) is 48.5 Å².